The van der Waals surface area contributed by atoms with Crippen LogP contribution in [0.1, 0.15) is 17.5 Å². The van der Waals surface area contributed by atoms with Crippen molar-refractivity contribution in [1.29, 1.82) is 0 Å². The van der Waals surface area contributed by atoms with E-state index in [9.17, 15) is 4.39 Å². The zero-order chi connectivity index (χ0) is 11.3. The molecule has 0 aliphatic heterocycles. The summed E-state index contributed by atoms with van der Waals surface area (Å²) >= 11 is 0. The molecule has 0 amide bonds. The van der Waals surface area contributed by atoms with Crippen LogP contribution in [0.25, 0.3) is 0 Å². The van der Waals surface area contributed by atoms with Crippen LogP contribution in [0, 0.1) is 12.7 Å². The van der Waals surface area contributed by atoms with E-state index in [4.69, 9.17) is 5.73 Å². The lowest BCUT2D eigenvalue weighted by molar-refractivity contribution is 0.323. The van der Waals surface area contributed by atoms with Gasteiger partial charge in [0, 0.05) is 6.54 Å². The number of nitrogens with two attached hydrogens (primary N) is 1. The van der Waals surface area contributed by atoms with E-state index < -0.39 is 0 Å². The average molecular weight is 210 g/mol. The molecule has 0 bridgehead atoms. The van der Waals surface area contributed by atoms with Crippen molar-refractivity contribution in [3.63, 3.8) is 0 Å². The predicted molar refractivity (Wildman–Crippen MR) is 61.1 cm³/mol. The van der Waals surface area contributed by atoms with Crippen molar-refractivity contribution in [2.75, 3.05) is 20.1 Å². The van der Waals surface area contributed by atoms with Gasteiger partial charge < -0.3 is 10.6 Å². The fourth-order valence-electron chi connectivity index (χ4n) is 1.54. The highest BCUT2D eigenvalue weighted by atomic mass is 19.1. The maximum Gasteiger partial charge on any atom is 0.123 e. The molecule has 0 aromatic heterocycles. The first-order chi connectivity index (χ1) is 7.13. The highest BCUT2D eigenvalue weighted by Gasteiger charge is 2.04. The van der Waals surface area contributed by atoms with Gasteiger partial charge in [-0.05, 0) is 56.7 Å². The summed E-state index contributed by atoms with van der Waals surface area (Å²) in [7, 11) is 2.03. The number of halogens is 1. The molecule has 1 aromatic carbocycles. The summed E-state index contributed by atoms with van der Waals surface area (Å²) in [5.74, 6) is -0.164. The minimum atomic E-state index is -0.164. The van der Waals surface area contributed by atoms with Crippen LogP contribution in [-0.2, 0) is 6.54 Å². The molecule has 0 radical (unpaired) electrons. The number of benzene rings is 1. The lowest BCUT2D eigenvalue weighted by Crippen LogP contribution is -2.21. The van der Waals surface area contributed by atoms with Crippen molar-refractivity contribution in [3.8, 4) is 0 Å². The first-order valence-electron chi connectivity index (χ1n) is 5.27. The Morgan fingerprint density at radius 1 is 1.40 bits per heavy atom. The molecule has 0 unspecified atom stereocenters. The largest absolute Gasteiger partial charge is 0.330 e. The van der Waals surface area contributed by atoms with E-state index in [1.54, 1.807) is 6.07 Å². The van der Waals surface area contributed by atoms with Gasteiger partial charge in [0.05, 0.1) is 0 Å². The second-order valence-corrected chi connectivity index (χ2v) is 3.95. The standard InChI is InChI=1S/C12H19FN2/c1-10-4-5-12(13)8-11(10)9-15(2)7-3-6-14/h4-5,8H,3,6-7,9,14H2,1-2H3. The quantitative estimate of drug-likeness (QED) is 0.804. The first-order valence-corrected chi connectivity index (χ1v) is 5.27. The van der Waals surface area contributed by atoms with E-state index in [1.165, 1.54) is 6.07 Å². The number of rotatable bonds is 5. The summed E-state index contributed by atoms with van der Waals surface area (Å²) < 4.78 is 13.0. The molecule has 0 heterocycles. The normalized spacial score (nSPS) is 11.0. The molecule has 2 nitrogen and oxygen atoms in total. The van der Waals surface area contributed by atoms with Gasteiger partial charge in [0.2, 0.25) is 0 Å². The Bertz CT molecular complexity index is 312. The summed E-state index contributed by atoms with van der Waals surface area (Å²) in [6, 6.07) is 4.93. The lowest BCUT2D eigenvalue weighted by atomic mass is 10.1. The van der Waals surface area contributed by atoms with Crippen LogP contribution in [-0.4, -0.2) is 25.0 Å². The third-order valence-electron chi connectivity index (χ3n) is 2.50. The molecule has 3 heteroatoms. The average Bonchev–Trinajstić information content (AvgIpc) is 2.20. The Morgan fingerprint density at radius 3 is 2.80 bits per heavy atom. The number of nitrogens with zero attached hydrogens (tertiary/aromatic N) is 1. The topological polar surface area (TPSA) is 29.3 Å². The van der Waals surface area contributed by atoms with E-state index >= 15 is 0 Å². The maximum atomic E-state index is 13.0. The van der Waals surface area contributed by atoms with Gasteiger partial charge in [0.1, 0.15) is 5.82 Å². The number of hydrogen-bond donors (Lipinski definition) is 1. The third kappa shape index (κ3) is 3.98. The predicted octanol–water partition coefficient (Wildman–Crippen LogP) is 1.91. The molecule has 0 spiro atoms. The van der Waals surface area contributed by atoms with Crippen LogP contribution >= 0.6 is 0 Å². The molecule has 1 rings (SSSR count). The van der Waals surface area contributed by atoms with Gasteiger partial charge >= 0.3 is 0 Å². The molecular formula is C12H19FN2. The zero-order valence-corrected chi connectivity index (χ0v) is 9.46. The van der Waals surface area contributed by atoms with Gasteiger partial charge in [-0.3, -0.25) is 0 Å². The SMILES string of the molecule is Cc1ccc(F)cc1CN(C)CCCN. The van der Waals surface area contributed by atoms with E-state index in [-0.39, 0.29) is 5.82 Å². The van der Waals surface area contributed by atoms with Crippen molar-refractivity contribution in [2.24, 2.45) is 5.73 Å². The van der Waals surface area contributed by atoms with Crippen molar-refractivity contribution in [2.45, 2.75) is 19.9 Å². The Hall–Kier alpha value is -0.930. The molecular weight excluding hydrogens is 191 g/mol. The molecule has 0 fully saturated rings. The van der Waals surface area contributed by atoms with Gasteiger partial charge in [-0.15, -0.1) is 0 Å². The van der Waals surface area contributed by atoms with Gasteiger partial charge in [-0.2, -0.15) is 0 Å². The maximum absolute atomic E-state index is 13.0. The van der Waals surface area contributed by atoms with E-state index in [0.717, 1.165) is 30.6 Å². The second-order valence-electron chi connectivity index (χ2n) is 3.95. The molecule has 0 saturated heterocycles. The smallest absolute Gasteiger partial charge is 0.123 e. The molecule has 2 N–H and O–H groups in total. The van der Waals surface area contributed by atoms with Crippen molar-refractivity contribution < 1.29 is 4.39 Å². The number of aryl methyl sites for hydroxylation is 1. The van der Waals surface area contributed by atoms with E-state index in [1.807, 2.05) is 20.0 Å². The highest BCUT2D eigenvalue weighted by Crippen LogP contribution is 2.12. The zero-order valence-electron chi connectivity index (χ0n) is 9.46. The van der Waals surface area contributed by atoms with Crippen molar-refractivity contribution in [1.82, 2.24) is 4.90 Å². The molecule has 0 atom stereocenters. The molecule has 15 heavy (non-hydrogen) atoms. The Morgan fingerprint density at radius 2 is 2.13 bits per heavy atom. The lowest BCUT2D eigenvalue weighted by Gasteiger charge is -2.17. The summed E-state index contributed by atoms with van der Waals surface area (Å²) in [6.45, 7) is 4.44. The Labute approximate surface area is 90.9 Å². The monoisotopic (exact) mass is 210 g/mol. The van der Waals surface area contributed by atoms with Crippen LogP contribution in [0.2, 0.25) is 0 Å². The van der Waals surface area contributed by atoms with Crippen LogP contribution in [0.5, 0.6) is 0 Å². The van der Waals surface area contributed by atoms with Crippen molar-refractivity contribution >= 4 is 0 Å². The van der Waals surface area contributed by atoms with Gasteiger partial charge in [0.15, 0.2) is 0 Å². The van der Waals surface area contributed by atoms with Crippen molar-refractivity contribution in [3.05, 3.63) is 35.1 Å². The second kappa shape index (κ2) is 5.83. The van der Waals surface area contributed by atoms with Gasteiger partial charge in [-0.1, -0.05) is 6.07 Å². The minimum Gasteiger partial charge on any atom is -0.330 e. The Balaban J connectivity index is 2.59. The van der Waals surface area contributed by atoms with Crippen LogP contribution < -0.4 is 5.73 Å². The van der Waals surface area contributed by atoms with E-state index in [0.29, 0.717) is 6.54 Å². The summed E-state index contributed by atoms with van der Waals surface area (Å²) in [5, 5.41) is 0. The van der Waals surface area contributed by atoms with Gasteiger partial charge in [0.25, 0.3) is 0 Å². The van der Waals surface area contributed by atoms with E-state index in [2.05, 4.69) is 4.90 Å². The summed E-state index contributed by atoms with van der Waals surface area (Å²) in [5.41, 5.74) is 7.62. The van der Waals surface area contributed by atoms with Crippen LogP contribution in [0.4, 0.5) is 4.39 Å². The number of hydrogen-bond acceptors (Lipinski definition) is 2. The summed E-state index contributed by atoms with van der Waals surface area (Å²) in [6.07, 6.45) is 0.977. The fourth-order valence-corrected chi connectivity index (χ4v) is 1.54. The fraction of sp³-hybridized carbons (Fsp3) is 0.500. The highest BCUT2D eigenvalue weighted by molar-refractivity contribution is 5.26. The third-order valence-corrected chi connectivity index (χ3v) is 2.50. The molecule has 0 aliphatic rings. The molecule has 1 aromatic rings. The molecule has 84 valence electrons. The summed E-state index contributed by atoms with van der Waals surface area (Å²) in [4.78, 5) is 2.16. The molecule has 0 aliphatic carbocycles. The first kappa shape index (κ1) is 12.1. The van der Waals surface area contributed by atoms with Crippen LogP contribution in [0.15, 0.2) is 18.2 Å². The van der Waals surface area contributed by atoms with Gasteiger partial charge in [-0.25, -0.2) is 4.39 Å². The molecule has 0 saturated carbocycles. The Kier molecular flexibility index (Phi) is 4.72. The van der Waals surface area contributed by atoms with Crippen LogP contribution in [0.3, 0.4) is 0 Å². The minimum absolute atomic E-state index is 0.164.